The molecule has 2 atom stereocenters. The fourth-order valence-corrected chi connectivity index (χ4v) is 3.31. The van der Waals surface area contributed by atoms with E-state index in [1.807, 2.05) is 24.6 Å². The number of aromatic amines is 1. The monoisotopic (exact) mass is 296 g/mol. The van der Waals surface area contributed by atoms with Gasteiger partial charge in [0.05, 0.1) is 17.8 Å². The van der Waals surface area contributed by atoms with Gasteiger partial charge in [-0.15, -0.1) is 0 Å². The molecule has 4 nitrogen and oxygen atoms in total. The average molecular weight is 296 g/mol. The highest BCUT2D eigenvalue weighted by Crippen LogP contribution is 2.38. The Hall–Kier alpha value is -0.940. The van der Waals surface area contributed by atoms with Gasteiger partial charge in [0, 0.05) is 12.7 Å². The molecule has 4 bridgehead atoms. The van der Waals surface area contributed by atoms with Crippen molar-refractivity contribution in [1.29, 1.82) is 0 Å². The van der Waals surface area contributed by atoms with Crippen molar-refractivity contribution >= 4 is 12.2 Å². The first-order valence-corrected chi connectivity index (χ1v) is 7.85. The molecule has 2 aliphatic heterocycles. The molecule has 112 valence electrons. The van der Waals surface area contributed by atoms with E-state index in [0.29, 0.717) is 4.77 Å². The number of rotatable bonds is 0. The van der Waals surface area contributed by atoms with Crippen LogP contribution in [0.1, 0.15) is 58.6 Å². The Bertz CT molecular complexity index is 588. The molecular weight excluding hydrogens is 272 g/mol. The second-order valence-electron chi connectivity index (χ2n) is 6.16. The lowest BCUT2D eigenvalue weighted by Gasteiger charge is -2.27. The van der Waals surface area contributed by atoms with Crippen LogP contribution in [-0.2, 0) is 11.3 Å². The van der Waals surface area contributed by atoms with Crippen molar-refractivity contribution in [2.75, 3.05) is 0 Å². The van der Waals surface area contributed by atoms with Crippen LogP contribution in [-0.4, -0.2) is 15.7 Å². The summed E-state index contributed by atoms with van der Waals surface area (Å²) in [6.07, 6.45) is 5.09. The number of ether oxygens (including phenoxy) is 1. The van der Waals surface area contributed by atoms with E-state index >= 15 is 0 Å². The van der Waals surface area contributed by atoms with Crippen molar-refractivity contribution in [2.24, 2.45) is 5.41 Å². The van der Waals surface area contributed by atoms with E-state index in [0.717, 1.165) is 31.4 Å². The molecule has 1 aromatic heterocycles. The summed E-state index contributed by atoms with van der Waals surface area (Å²) in [6, 6.07) is 0. The van der Waals surface area contributed by atoms with Crippen LogP contribution in [0, 0.1) is 10.2 Å². The molecule has 3 rings (SSSR count). The minimum Gasteiger partial charge on any atom is -0.370 e. The average Bonchev–Trinajstić information content (AvgIpc) is 2.83. The first kappa shape index (κ1) is 15.4. The third-order valence-electron chi connectivity index (χ3n) is 3.87. The third kappa shape index (κ3) is 3.04. The summed E-state index contributed by atoms with van der Waals surface area (Å²) in [5.74, 6) is 0. The van der Waals surface area contributed by atoms with Gasteiger partial charge in [0.2, 0.25) is 0 Å². The molecule has 0 amide bonds. The highest BCUT2D eigenvalue weighted by molar-refractivity contribution is 7.71. The van der Waals surface area contributed by atoms with Gasteiger partial charge in [-0.1, -0.05) is 27.7 Å². The second-order valence-corrected chi connectivity index (χ2v) is 6.55. The van der Waals surface area contributed by atoms with Crippen LogP contribution in [0.2, 0.25) is 0 Å². The maximum atomic E-state index is 12.0. The fourth-order valence-electron chi connectivity index (χ4n) is 3.10. The lowest BCUT2D eigenvalue weighted by molar-refractivity contribution is 0.0188. The Morgan fingerprint density at radius 2 is 2.10 bits per heavy atom. The lowest BCUT2D eigenvalue weighted by Crippen LogP contribution is -2.26. The quantitative estimate of drug-likeness (QED) is 0.744. The molecule has 1 aromatic rings. The minimum atomic E-state index is -0.0957. The largest absolute Gasteiger partial charge is 0.370 e. The molecule has 0 spiro atoms. The number of hydrogen-bond donors (Lipinski definition) is 1. The van der Waals surface area contributed by atoms with E-state index in [1.165, 1.54) is 0 Å². The van der Waals surface area contributed by atoms with Crippen LogP contribution in [0.4, 0.5) is 0 Å². The van der Waals surface area contributed by atoms with Gasteiger partial charge in [0.25, 0.3) is 5.56 Å². The van der Waals surface area contributed by atoms with Crippen molar-refractivity contribution in [2.45, 2.75) is 65.7 Å². The first-order chi connectivity index (χ1) is 9.44. The predicted octanol–water partition coefficient (Wildman–Crippen LogP) is 3.58. The number of nitrogens with zero attached hydrogens (tertiary/aromatic N) is 1. The van der Waals surface area contributed by atoms with Crippen LogP contribution >= 0.6 is 12.2 Å². The first-order valence-electron chi connectivity index (χ1n) is 7.44. The Morgan fingerprint density at radius 3 is 2.80 bits per heavy atom. The van der Waals surface area contributed by atoms with E-state index < -0.39 is 0 Å². The van der Waals surface area contributed by atoms with E-state index in [2.05, 4.69) is 18.8 Å². The van der Waals surface area contributed by atoms with Gasteiger partial charge >= 0.3 is 0 Å². The molecule has 5 heteroatoms. The van der Waals surface area contributed by atoms with Gasteiger partial charge in [-0.3, -0.25) is 9.78 Å². The minimum absolute atomic E-state index is 0.0606. The predicted molar refractivity (Wildman–Crippen MR) is 82.5 cm³/mol. The van der Waals surface area contributed by atoms with E-state index in [-0.39, 0.29) is 23.2 Å². The molecule has 1 N–H and O–H groups in total. The summed E-state index contributed by atoms with van der Waals surface area (Å²) >= 11 is 5.24. The normalized spacial score (nSPS) is 26.8. The number of nitrogens with one attached hydrogen (secondary N) is 1. The van der Waals surface area contributed by atoms with Crippen molar-refractivity contribution in [3.63, 3.8) is 0 Å². The van der Waals surface area contributed by atoms with Crippen molar-refractivity contribution in [1.82, 2.24) is 9.55 Å². The van der Waals surface area contributed by atoms with Gasteiger partial charge in [0.15, 0.2) is 4.77 Å². The standard InChI is InChI=1S/C13H18N2O2S.C2H6/c1-13(2)5-8-3-4-10(17-8)9-6-15(7-13)12(18)14-11(9)16;1-2/h6,8,10H,3-5,7H2,1-2H3,(H,14,16,18);1-2H3/t8?,10-;/m1./s1. The maximum absolute atomic E-state index is 12.0. The zero-order valence-corrected chi connectivity index (χ0v) is 13.5. The summed E-state index contributed by atoms with van der Waals surface area (Å²) < 4.78 is 8.50. The Balaban J connectivity index is 0.000000704. The molecule has 2 aliphatic rings. The van der Waals surface area contributed by atoms with Crippen LogP contribution in [0.5, 0.6) is 0 Å². The molecule has 1 fully saturated rings. The van der Waals surface area contributed by atoms with Gasteiger partial charge in [0.1, 0.15) is 0 Å². The smallest absolute Gasteiger partial charge is 0.257 e. The molecule has 20 heavy (non-hydrogen) atoms. The van der Waals surface area contributed by atoms with Crippen molar-refractivity contribution < 1.29 is 4.74 Å². The van der Waals surface area contributed by atoms with Gasteiger partial charge in [-0.2, -0.15) is 0 Å². The Labute approximate surface area is 125 Å². The highest BCUT2D eigenvalue weighted by atomic mass is 32.1. The molecule has 0 aliphatic carbocycles. The van der Waals surface area contributed by atoms with Gasteiger partial charge in [-0.25, -0.2) is 0 Å². The third-order valence-corrected chi connectivity index (χ3v) is 4.21. The molecular formula is C15H24N2O2S. The van der Waals surface area contributed by atoms with E-state index in [1.54, 1.807) is 0 Å². The molecule has 0 radical (unpaired) electrons. The Kier molecular flexibility index (Phi) is 4.49. The maximum Gasteiger partial charge on any atom is 0.257 e. The zero-order valence-electron chi connectivity index (χ0n) is 12.7. The molecule has 0 aromatic carbocycles. The lowest BCUT2D eigenvalue weighted by atomic mass is 9.85. The van der Waals surface area contributed by atoms with Gasteiger partial charge in [-0.05, 0) is 36.9 Å². The highest BCUT2D eigenvalue weighted by Gasteiger charge is 2.34. The van der Waals surface area contributed by atoms with E-state index in [4.69, 9.17) is 17.0 Å². The fraction of sp³-hybridized carbons (Fsp3) is 0.733. The summed E-state index contributed by atoms with van der Waals surface area (Å²) in [5, 5.41) is 0. The molecule has 3 heterocycles. The van der Waals surface area contributed by atoms with Crippen LogP contribution in [0.15, 0.2) is 11.0 Å². The summed E-state index contributed by atoms with van der Waals surface area (Å²) in [4.78, 5) is 14.7. The summed E-state index contributed by atoms with van der Waals surface area (Å²) in [7, 11) is 0. The number of H-pyrrole nitrogens is 1. The van der Waals surface area contributed by atoms with Crippen molar-refractivity contribution in [3.8, 4) is 0 Å². The van der Waals surface area contributed by atoms with Crippen LogP contribution in [0.3, 0.4) is 0 Å². The zero-order chi connectivity index (χ0) is 14.9. The number of fused-ring (bicyclic) bond motifs is 5. The topological polar surface area (TPSA) is 47.0 Å². The second kappa shape index (κ2) is 5.82. The van der Waals surface area contributed by atoms with Crippen LogP contribution < -0.4 is 5.56 Å². The molecule has 0 saturated carbocycles. The van der Waals surface area contributed by atoms with E-state index in [9.17, 15) is 4.79 Å². The summed E-state index contributed by atoms with van der Waals surface area (Å²) in [6.45, 7) is 9.27. The molecule has 1 saturated heterocycles. The SMILES string of the molecule is CC.CC1(C)CC2CC[C@@H](O2)c2cn(c(=S)[nH]c2=O)C1. The summed E-state index contributed by atoms with van der Waals surface area (Å²) in [5.41, 5.74) is 0.753. The molecule has 1 unspecified atom stereocenters. The van der Waals surface area contributed by atoms with Gasteiger partial charge < -0.3 is 9.30 Å². The Morgan fingerprint density at radius 1 is 1.40 bits per heavy atom. The van der Waals surface area contributed by atoms with Crippen molar-refractivity contribution in [3.05, 3.63) is 26.9 Å². The number of hydrogen-bond acceptors (Lipinski definition) is 3. The number of aromatic nitrogens is 2. The van der Waals surface area contributed by atoms with Crippen LogP contribution in [0.25, 0.3) is 0 Å².